The molecule has 2 rings (SSSR count). The summed E-state index contributed by atoms with van der Waals surface area (Å²) in [5, 5.41) is 0. The van der Waals surface area contributed by atoms with E-state index in [2.05, 4.69) is 31.5 Å². The first-order valence-corrected chi connectivity index (χ1v) is 6.71. The van der Waals surface area contributed by atoms with E-state index in [1.807, 2.05) is 6.08 Å². The van der Waals surface area contributed by atoms with Crippen LogP contribution >= 0.6 is 0 Å². The van der Waals surface area contributed by atoms with Crippen molar-refractivity contribution in [2.24, 2.45) is 0 Å². The van der Waals surface area contributed by atoms with E-state index in [1.54, 1.807) is 6.08 Å². The van der Waals surface area contributed by atoms with Crippen LogP contribution in [0.1, 0.15) is 39.0 Å². The second-order valence-corrected chi connectivity index (χ2v) is 5.34. The maximum atomic E-state index is 13.0. The predicted octanol–water partition coefficient (Wildman–Crippen LogP) is 4.50. The fourth-order valence-corrected chi connectivity index (χ4v) is 2.60. The van der Waals surface area contributed by atoms with Gasteiger partial charge in [0.1, 0.15) is 5.83 Å². The minimum atomic E-state index is -0.0228. The first-order chi connectivity index (χ1) is 8.58. The van der Waals surface area contributed by atoms with Crippen molar-refractivity contribution >= 4 is 0 Å². The van der Waals surface area contributed by atoms with Crippen molar-refractivity contribution in [1.29, 1.82) is 0 Å². The second kappa shape index (κ2) is 5.55. The summed E-state index contributed by atoms with van der Waals surface area (Å²) in [5.41, 5.74) is 3.72. The minimum absolute atomic E-state index is 0.0228. The van der Waals surface area contributed by atoms with E-state index in [0.29, 0.717) is 12.5 Å². The molecule has 1 unspecified atom stereocenters. The summed E-state index contributed by atoms with van der Waals surface area (Å²) in [4.78, 5) is 2.27. The molecule has 1 nitrogen and oxygen atoms in total. The van der Waals surface area contributed by atoms with Gasteiger partial charge in [-0.3, -0.25) is 0 Å². The molecule has 0 aromatic rings. The molecule has 0 bridgehead atoms. The SMILES string of the molecule is C=C(C1=CC=C(F)CC1)N(C)C1CC=C(C)CC1. The van der Waals surface area contributed by atoms with E-state index in [0.717, 1.165) is 18.5 Å². The molecule has 0 radical (unpaired) electrons. The lowest BCUT2D eigenvalue weighted by Gasteiger charge is -2.34. The Bertz CT molecular complexity index is 428. The summed E-state index contributed by atoms with van der Waals surface area (Å²) >= 11 is 0. The molecule has 0 spiro atoms. The summed E-state index contributed by atoms with van der Waals surface area (Å²) in [7, 11) is 2.11. The van der Waals surface area contributed by atoms with Crippen LogP contribution in [0, 0.1) is 0 Å². The molecule has 0 heterocycles. The molecule has 0 saturated heterocycles. The normalized spacial score (nSPS) is 23.9. The smallest absolute Gasteiger partial charge is 0.100 e. The van der Waals surface area contributed by atoms with Crippen LogP contribution in [0.15, 0.2) is 47.5 Å². The van der Waals surface area contributed by atoms with E-state index in [9.17, 15) is 4.39 Å². The molecule has 1 atom stereocenters. The van der Waals surface area contributed by atoms with Gasteiger partial charge in [0.15, 0.2) is 0 Å². The van der Waals surface area contributed by atoms with Gasteiger partial charge in [0.05, 0.1) is 0 Å². The van der Waals surface area contributed by atoms with Gasteiger partial charge in [0, 0.05) is 25.2 Å². The van der Waals surface area contributed by atoms with Crippen LogP contribution in [0.3, 0.4) is 0 Å². The zero-order valence-corrected chi connectivity index (χ0v) is 11.4. The standard InChI is InChI=1S/C16H22FN/c1-12-4-10-16(11-5-12)18(3)13(2)14-6-8-15(17)9-7-14/h4,6,8,16H,2,5,7,9-11H2,1,3H3. The van der Waals surface area contributed by atoms with Gasteiger partial charge in [-0.05, 0) is 44.3 Å². The topological polar surface area (TPSA) is 3.24 Å². The van der Waals surface area contributed by atoms with E-state index in [1.165, 1.54) is 24.0 Å². The molecule has 0 N–H and O–H groups in total. The van der Waals surface area contributed by atoms with Crippen molar-refractivity contribution < 1.29 is 4.39 Å². The molecule has 0 aliphatic heterocycles. The molecule has 2 aliphatic rings. The van der Waals surface area contributed by atoms with Gasteiger partial charge >= 0.3 is 0 Å². The molecule has 18 heavy (non-hydrogen) atoms. The molecular weight excluding hydrogens is 225 g/mol. The van der Waals surface area contributed by atoms with Gasteiger partial charge in [-0.25, -0.2) is 4.39 Å². The van der Waals surface area contributed by atoms with Gasteiger partial charge in [0.2, 0.25) is 0 Å². The van der Waals surface area contributed by atoms with Crippen LogP contribution in [0.5, 0.6) is 0 Å². The highest BCUT2D eigenvalue weighted by molar-refractivity contribution is 5.34. The lowest BCUT2D eigenvalue weighted by atomic mass is 9.93. The Hall–Kier alpha value is -1.31. The molecule has 0 aromatic carbocycles. The van der Waals surface area contributed by atoms with Crippen molar-refractivity contribution in [1.82, 2.24) is 4.90 Å². The molecule has 0 fully saturated rings. The Balaban J connectivity index is 2.01. The molecule has 2 aliphatic carbocycles. The fraction of sp³-hybridized carbons (Fsp3) is 0.500. The molecule has 0 aromatic heterocycles. The van der Waals surface area contributed by atoms with Crippen molar-refractivity contribution in [3.63, 3.8) is 0 Å². The first kappa shape index (κ1) is 13.1. The predicted molar refractivity (Wildman–Crippen MR) is 74.8 cm³/mol. The minimum Gasteiger partial charge on any atom is -0.372 e. The number of nitrogens with zero attached hydrogens (tertiary/aromatic N) is 1. The summed E-state index contributed by atoms with van der Waals surface area (Å²) < 4.78 is 13.0. The van der Waals surface area contributed by atoms with E-state index in [-0.39, 0.29) is 5.83 Å². The third kappa shape index (κ3) is 2.92. The average molecular weight is 247 g/mol. The van der Waals surface area contributed by atoms with Gasteiger partial charge < -0.3 is 4.90 Å². The van der Waals surface area contributed by atoms with E-state index < -0.39 is 0 Å². The summed E-state index contributed by atoms with van der Waals surface area (Å²) in [5.74, 6) is -0.0228. The zero-order chi connectivity index (χ0) is 13.1. The lowest BCUT2D eigenvalue weighted by molar-refractivity contribution is 0.285. The Morgan fingerprint density at radius 3 is 2.67 bits per heavy atom. The number of hydrogen-bond donors (Lipinski definition) is 0. The first-order valence-electron chi connectivity index (χ1n) is 6.71. The molecule has 2 heteroatoms. The van der Waals surface area contributed by atoms with Gasteiger partial charge in [0.25, 0.3) is 0 Å². The van der Waals surface area contributed by atoms with Crippen LogP contribution in [0.4, 0.5) is 4.39 Å². The Morgan fingerprint density at radius 2 is 2.11 bits per heavy atom. The third-order valence-corrected chi connectivity index (χ3v) is 4.05. The Labute approximate surface area is 109 Å². The van der Waals surface area contributed by atoms with Crippen molar-refractivity contribution in [2.45, 2.75) is 45.1 Å². The number of likely N-dealkylation sites (N-methyl/N-ethyl adjacent to an activating group) is 1. The highest BCUT2D eigenvalue weighted by Gasteiger charge is 2.20. The average Bonchev–Trinajstić information content (AvgIpc) is 2.39. The summed E-state index contributed by atoms with van der Waals surface area (Å²) in [6.07, 6.45) is 10.5. The van der Waals surface area contributed by atoms with Crippen molar-refractivity contribution in [2.75, 3.05) is 7.05 Å². The third-order valence-electron chi connectivity index (χ3n) is 4.05. The molecule has 0 amide bonds. The lowest BCUT2D eigenvalue weighted by Crippen LogP contribution is -2.32. The second-order valence-electron chi connectivity index (χ2n) is 5.34. The fourth-order valence-electron chi connectivity index (χ4n) is 2.60. The largest absolute Gasteiger partial charge is 0.372 e. The quantitative estimate of drug-likeness (QED) is 0.663. The number of halogens is 1. The highest BCUT2D eigenvalue weighted by Crippen LogP contribution is 2.29. The highest BCUT2D eigenvalue weighted by atomic mass is 19.1. The maximum Gasteiger partial charge on any atom is 0.100 e. The Kier molecular flexibility index (Phi) is 4.05. The summed E-state index contributed by atoms with van der Waals surface area (Å²) in [6.45, 7) is 6.38. The Morgan fingerprint density at radius 1 is 1.33 bits per heavy atom. The van der Waals surface area contributed by atoms with Gasteiger partial charge in [-0.2, -0.15) is 0 Å². The number of rotatable bonds is 3. The van der Waals surface area contributed by atoms with Gasteiger partial charge in [-0.15, -0.1) is 0 Å². The van der Waals surface area contributed by atoms with Crippen LogP contribution in [-0.2, 0) is 0 Å². The summed E-state index contributed by atoms with van der Waals surface area (Å²) in [6, 6.07) is 0.540. The van der Waals surface area contributed by atoms with E-state index in [4.69, 9.17) is 0 Å². The monoisotopic (exact) mass is 247 g/mol. The van der Waals surface area contributed by atoms with Gasteiger partial charge in [-0.1, -0.05) is 24.3 Å². The molecular formula is C16H22FN. The van der Waals surface area contributed by atoms with Crippen molar-refractivity contribution in [3.8, 4) is 0 Å². The number of hydrogen-bond acceptors (Lipinski definition) is 1. The van der Waals surface area contributed by atoms with Crippen LogP contribution < -0.4 is 0 Å². The van der Waals surface area contributed by atoms with E-state index >= 15 is 0 Å². The molecule has 0 saturated carbocycles. The van der Waals surface area contributed by atoms with Crippen LogP contribution in [-0.4, -0.2) is 18.0 Å². The zero-order valence-electron chi connectivity index (χ0n) is 11.4. The van der Waals surface area contributed by atoms with Crippen LogP contribution in [0.25, 0.3) is 0 Å². The maximum absolute atomic E-state index is 13.0. The number of allylic oxidation sites excluding steroid dienone is 5. The van der Waals surface area contributed by atoms with Crippen LogP contribution in [0.2, 0.25) is 0 Å². The van der Waals surface area contributed by atoms with Crippen molar-refractivity contribution in [3.05, 3.63) is 47.5 Å². The molecule has 98 valence electrons.